The molecule has 2 aliphatic carbocycles. The van der Waals surface area contributed by atoms with Crippen molar-refractivity contribution in [2.24, 2.45) is 11.7 Å². The van der Waals surface area contributed by atoms with E-state index in [2.05, 4.69) is 5.32 Å². The molecule has 4 N–H and O–H groups in total. The second-order valence-corrected chi connectivity index (χ2v) is 5.35. The van der Waals surface area contributed by atoms with Crippen molar-refractivity contribution in [1.29, 1.82) is 0 Å². The zero-order valence-electron chi connectivity index (χ0n) is 10.6. The summed E-state index contributed by atoms with van der Waals surface area (Å²) in [6, 6.07) is 7.52. The van der Waals surface area contributed by atoms with Gasteiger partial charge in [-0.3, -0.25) is 4.79 Å². The molecular weight excluding hydrogens is 240 g/mol. The van der Waals surface area contributed by atoms with E-state index in [1.807, 2.05) is 36.4 Å². The maximum absolute atomic E-state index is 12.2. The molecule has 2 aliphatic rings. The monoisotopic (exact) mass is 258 g/mol. The largest absolute Gasteiger partial charge is 0.390 e. The average Bonchev–Trinajstić information content (AvgIpc) is 2.95. The topological polar surface area (TPSA) is 75.4 Å². The van der Waals surface area contributed by atoms with E-state index in [9.17, 15) is 9.90 Å². The smallest absolute Gasteiger partial charge is 0.227 e. The van der Waals surface area contributed by atoms with Crippen molar-refractivity contribution >= 4 is 5.91 Å². The van der Waals surface area contributed by atoms with Crippen LogP contribution >= 0.6 is 0 Å². The molecule has 100 valence electrons. The van der Waals surface area contributed by atoms with Crippen LogP contribution in [-0.4, -0.2) is 23.2 Å². The fourth-order valence-corrected chi connectivity index (χ4v) is 2.93. The molecule has 0 saturated heterocycles. The maximum Gasteiger partial charge on any atom is 0.227 e. The lowest BCUT2D eigenvalue weighted by molar-refractivity contribution is -0.125. The van der Waals surface area contributed by atoms with Gasteiger partial charge in [0.1, 0.15) is 0 Å². The fraction of sp³-hybridized carbons (Fsp3) is 0.400. The molecular formula is C15H18N2O2. The Bertz CT molecular complexity index is 527. The minimum absolute atomic E-state index is 0.0310. The number of nitrogens with one attached hydrogen (secondary N) is 1. The van der Waals surface area contributed by atoms with Gasteiger partial charge in [-0.15, -0.1) is 0 Å². The minimum Gasteiger partial charge on any atom is -0.390 e. The second-order valence-electron chi connectivity index (χ2n) is 5.35. The Morgan fingerprint density at radius 3 is 2.84 bits per heavy atom. The summed E-state index contributed by atoms with van der Waals surface area (Å²) in [5, 5.41) is 13.0. The molecule has 0 spiro atoms. The fourth-order valence-electron chi connectivity index (χ4n) is 2.93. The Morgan fingerprint density at radius 1 is 1.32 bits per heavy atom. The van der Waals surface area contributed by atoms with Gasteiger partial charge in [0.25, 0.3) is 0 Å². The molecule has 4 atom stereocenters. The van der Waals surface area contributed by atoms with Crippen LogP contribution in [0.25, 0.3) is 0 Å². The quantitative estimate of drug-likeness (QED) is 0.682. The van der Waals surface area contributed by atoms with Gasteiger partial charge in [0.15, 0.2) is 0 Å². The summed E-state index contributed by atoms with van der Waals surface area (Å²) >= 11 is 0. The summed E-state index contributed by atoms with van der Waals surface area (Å²) in [6.45, 7) is 0. The zero-order chi connectivity index (χ0) is 13.4. The first kappa shape index (κ1) is 12.4. The number of carbonyl (C=O) groups excluding carboxylic acids is 1. The first-order valence-electron chi connectivity index (χ1n) is 6.65. The summed E-state index contributed by atoms with van der Waals surface area (Å²) in [4.78, 5) is 12.2. The van der Waals surface area contributed by atoms with Gasteiger partial charge in [0.2, 0.25) is 5.91 Å². The van der Waals surface area contributed by atoms with Crippen LogP contribution in [0.1, 0.15) is 23.6 Å². The number of rotatable bonds is 2. The van der Waals surface area contributed by atoms with Gasteiger partial charge >= 0.3 is 0 Å². The van der Waals surface area contributed by atoms with E-state index in [1.165, 1.54) is 0 Å². The van der Waals surface area contributed by atoms with Crippen molar-refractivity contribution in [2.45, 2.75) is 31.0 Å². The number of fused-ring (bicyclic) bond motifs is 1. The first-order chi connectivity index (χ1) is 9.15. The number of hydrogen-bond donors (Lipinski definition) is 3. The van der Waals surface area contributed by atoms with Crippen molar-refractivity contribution in [3.05, 3.63) is 47.5 Å². The third-order valence-electron chi connectivity index (χ3n) is 3.96. The van der Waals surface area contributed by atoms with E-state index in [-0.39, 0.29) is 23.9 Å². The third kappa shape index (κ3) is 2.29. The lowest BCUT2D eigenvalue weighted by Crippen LogP contribution is -2.37. The second kappa shape index (κ2) is 4.79. The van der Waals surface area contributed by atoms with E-state index in [0.717, 1.165) is 11.1 Å². The van der Waals surface area contributed by atoms with Crippen LogP contribution in [0.5, 0.6) is 0 Å². The molecule has 2 unspecified atom stereocenters. The highest BCUT2D eigenvalue weighted by Crippen LogP contribution is 2.31. The van der Waals surface area contributed by atoms with Gasteiger partial charge < -0.3 is 16.2 Å². The number of aliphatic hydroxyl groups excluding tert-OH is 1. The Morgan fingerprint density at radius 2 is 2.11 bits per heavy atom. The van der Waals surface area contributed by atoms with E-state index in [4.69, 9.17) is 5.73 Å². The van der Waals surface area contributed by atoms with E-state index >= 15 is 0 Å². The number of amides is 1. The van der Waals surface area contributed by atoms with E-state index in [0.29, 0.717) is 12.8 Å². The Hall–Kier alpha value is -1.65. The molecule has 1 amide bonds. The average molecular weight is 258 g/mol. The highest BCUT2D eigenvalue weighted by Gasteiger charge is 2.33. The molecule has 0 aromatic heterocycles. The van der Waals surface area contributed by atoms with Gasteiger partial charge in [-0.1, -0.05) is 36.4 Å². The van der Waals surface area contributed by atoms with Crippen molar-refractivity contribution in [3.63, 3.8) is 0 Å². The highest BCUT2D eigenvalue weighted by atomic mass is 16.3. The maximum atomic E-state index is 12.2. The van der Waals surface area contributed by atoms with Crippen LogP contribution < -0.4 is 11.1 Å². The molecule has 0 aliphatic heterocycles. The van der Waals surface area contributed by atoms with E-state index < -0.39 is 6.10 Å². The Balaban J connectivity index is 1.73. The molecule has 1 aromatic rings. The van der Waals surface area contributed by atoms with Crippen LogP contribution in [-0.2, 0) is 11.2 Å². The number of hydrogen-bond acceptors (Lipinski definition) is 3. The third-order valence-corrected chi connectivity index (χ3v) is 3.96. The van der Waals surface area contributed by atoms with Crippen LogP contribution in [0.3, 0.4) is 0 Å². The normalized spacial score (nSPS) is 32.3. The first-order valence-corrected chi connectivity index (χ1v) is 6.65. The molecule has 19 heavy (non-hydrogen) atoms. The van der Waals surface area contributed by atoms with Crippen molar-refractivity contribution < 1.29 is 9.90 Å². The summed E-state index contributed by atoms with van der Waals surface area (Å²) in [7, 11) is 0. The summed E-state index contributed by atoms with van der Waals surface area (Å²) in [5.41, 5.74) is 7.89. The number of benzene rings is 1. The van der Waals surface area contributed by atoms with Gasteiger partial charge in [-0.2, -0.15) is 0 Å². The summed E-state index contributed by atoms with van der Waals surface area (Å²) < 4.78 is 0. The van der Waals surface area contributed by atoms with Crippen molar-refractivity contribution in [1.82, 2.24) is 5.32 Å². The molecule has 0 bridgehead atoms. The number of nitrogens with two attached hydrogens (primary N) is 1. The molecule has 4 nitrogen and oxygen atoms in total. The van der Waals surface area contributed by atoms with Crippen LogP contribution in [0, 0.1) is 5.92 Å². The Kier molecular flexibility index (Phi) is 3.12. The molecule has 4 heteroatoms. The standard InChI is InChI=1S/C15H18N2O2/c16-11-6-5-10(7-11)15(19)17-14-12-4-2-1-3-9(12)8-13(14)18/h1-6,10-11,13-14,18H,7-8,16H2,(H,17,19)/t10?,11?,13-,14+/m0/s1. The molecule has 0 fully saturated rings. The summed E-state index contributed by atoms with van der Waals surface area (Å²) in [6.07, 6.45) is 4.42. The lowest BCUT2D eigenvalue weighted by atomic mass is 10.0. The van der Waals surface area contributed by atoms with Crippen LogP contribution in [0.15, 0.2) is 36.4 Å². The molecule has 3 rings (SSSR count). The predicted molar refractivity (Wildman–Crippen MR) is 72.3 cm³/mol. The highest BCUT2D eigenvalue weighted by molar-refractivity contribution is 5.81. The van der Waals surface area contributed by atoms with Crippen LogP contribution in [0.4, 0.5) is 0 Å². The van der Waals surface area contributed by atoms with Gasteiger partial charge in [-0.25, -0.2) is 0 Å². The minimum atomic E-state index is -0.541. The van der Waals surface area contributed by atoms with Gasteiger partial charge in [-0.05, 0) is 17.5 Å². The lowest BCUT2D eigenvalue weighted by Gasteiger charge is -2.20. The van der Waals surface area contributed by atoms with Crippen LogP contribution in [0.2, 0.25) is 0 Å². The zero-order valence-corrected chi connectivity index (χ0v) is 10.6. The molecule has 0 radical (unpaired) electrons. The Labute approximate surface area is 112 Å². The predicted octanol–water partition coefficient (Wildman–Crippen LogP) is 0.664. The van der Waals surface area contributed by atoms with Gasteiger partial charge in [0, 0.05) is 12.5 Å². The number of aliphatic hydroxyl groups is 1. The SMILES string of the molecule is NC1C=CC(C(=O)N[C@@H]2c3ccccc3C[C@@H]2O)C1. The van der Waals surface area contributed by atoms with Gasteiger partial charge in [0.05, 0.1) is 18.1 Å². The van der Waals surface area contributed by atoms with E-state index in [1.54, 1.807) is 0 Å². The molecule has 0 saturated carbocycles. The van der Waals surface area contributed by atoms with Crippen molar-refractivity contribution in [2.75, 3.05) is 0 Å². The molecule has 1 aromatic carbocycles. The van der Waals surface area contributed by atoms with Crippen molar-refractivity contribution in [3.8, 4) is 0 Å². The molecule has 0 heterocycles. The number of carbonyl (C=O) groups is 1. The summed E-state index contributed by atoms with van der Waals surface area (Å²) in [5.74, 6) is -0.222.